The van der Waals surface area contributed by atoms with Gasteiger partial charge in [0.25, 0.3) is 11.3 Å². The zero-order valence-corrected chi connectivity index (χ0v) is 14.3. The lowest BCUT2D eigenvalue weighted by atomic mass is 9.88. The molecule has 0 bridgehead atoms. The molecule has 0 aromatic rings. The first-order valence-corrected chi connectivity index (χ1v) is 8.93. The molecule has 0 saturated heterocycles. The van der Waals surface area contributed by atoms with Crippen molar-refractivity contribution < 1.29 is 23.1 Å². The number of rotatable bonds is 8. The number of hydrazine groups is 1. The number of hydrogen-bond acceptors (Lipinski definition) is 4. The van der Waals surface area contributed by atoms with Crippen molar-refractivity contribution in [2.75, 3.05) is 0 Å². The van der Waals surface area contributed by atoms with Gasteiger partial charge in [-0.1, -0.05) is 33.1 Å². The molecule has 1 aliphatic carbocycles. The van der Waals surface area contributed by atoms with E-state index in [1.165, 1.54) is 0 Å². The molecular weight excluding hydrogens is 322 g/mol. The number of carbonyl (C=O) groups excluding carboxylic acids is 3. The fourth-order valence-electron chi connectivity index (χ4n) is 2.67. The minimum absolute atomic E-state index is 0.100. The van der Waals surface area contributed by atoms with Crippen LogP contribution in [0.15, 0.2) is 0 Å². The topological polar surface area (TPSA) is 125 Å². The summed E-state index contributed by atoms with van der Waals surface area (Å²) in [6, 6.07) is -0.932. The van der Waals surface area contributed by atoms with Crippen LogP contribution in [-0.2, 0) is 25.7 Å². The number of nitrogens with one attached hydrogen (secondary N) is 3. The SMILES string of the molecule is CC(C)CC(NC(=O)C1CCCCC1)C(=O)C(=O)NNS(=O)O. The number of ketones is 1. The third-order valence-electron chi connectivity index (χ3n) is 3.79. The molecule has 1 rings (SSSR count). The number of amides is 2. The first kappa shape index (κ1) is 19.7. The van der Waals surface area contributed by atoms with Crippen LogP contribution in [0.1, 0.15) is 52.4 Å². The van der Waals surface area contributed by atoms with Gasteiger partial charge in [0.15, 0.2) is 0 Å². The predicted molar refractivity (Wildman–Crippen MR) is 85.0 cm³/mol. The molecule has 0 heterocycles. The fraction of sp³-hybridized carbons (Fsp3) is 0.786. The maximum atomic E-state index is 12.3. The Labute approximate surface area is 138 Å². The molecule has 2 unspecified atom stereocenters. The van der Waals surface area contributed by atoms with E-state index >= 15 is 0 Å². The van der Waals surface area contributed by atoms with Gasteiger partial charge in [-0.2, -0.15) is 0 Å². The fourth-order valence-corrected chi connectivity index (χ4v) is 2.85. The molecular formula is C14H25N3O5S. The maximum Gasteiger partial charge on any atom is 0.304 e. The number of hydrogen-bond donors (Lipinski definition) is 4. The van der Waals surface area contributed by atoms with Crippen molar-refractivity contribution in [1.82, 2.24) is 15.6 Å². The summed E-state index contributed by atoms with van der Waals surface area (Å²) >= 11 is -2.46. The highest BCUT2D eigenvalue weighted by Crippen LogP contribution is 2.24. The molecule has 0 aromatic heterocycles. The third kappa shape index (κ3) is 7.19. The van der Waals surface area contributed by atoms with Crippen molar-refractivity contribution in [2.45, 2.75) is 58.4 Å². The van der Waals surface area contributed by atoms with E-state index in [2.05, 4.69) is 5.32 Å². The average molecular weight is 347 g/mol. The van der Waals surface area contributed by atoms with Crippen LogP contribution in [0.5, 0.6) is 0 Å². The van der Waals surface area contributed by atoms with Crippen LogP contribution in [0.4, 0.5) is 0 Å². The molecule has 0 radical (unpaired) electrons. The monoisotopic (exact) mass is 347 g/mol. The summed E-state index contributed by atoms with van der Waals surface area (Å²) in [5, 5.41) is 2.67. The quantitative estimate of drug-likeness (QED) is 0.288. The van der Waals surface area contributed by atoms with Crippen molar-refractivity contribution in [3.63, 3.8) is 0 Å². The van der Waals surface area contributed by atoms with Crippen LogP contribution >= 0.6 is 0 Å². The Kier molecular flexibility index (Phi) is 8.35. The zero-order chi connectivity index (χ0) is 17.4. The minimum Gasteiger partial charge on any atom is -0.345 e. The summed E-state index contributed by atoms with van der Waals surface area (Å²) in [5.74, 6) is -2.10. The van der Waals surface area contributed by atoms with E-state index in [1.807, 2.05) is 19.3 Å². The van der Waals surface area contributed by atoms with Crippen molar-refractivity contribution in [3.05, 3.63) is 0 Å². The lowest BCUT2D eigenvalue weighted by Crippen LogP contribution is -2.52. The van der Waals surface area contributed by atoms with Crippen LogP contribution in [-0.4, -0.2) is 32.4 Å². The van der Waals surface area contributed by atoms with Crippen LogP contribution in [0.2, 0.25) is 0 Å². The highest BCUT2D eigenvalue weighted by atomic mass is 32.2. The molecule has 0 aliphatic heterocycles. The van der Waals surface area contributed by atoms with Gasteiger partial charge in [0.05, 0.1) is 6.04 Å². The van der Waals surface area contributed by atoms with Crippen LogP contribution < -0.4 is 15.6 Å². The Morgan fingerprint density at radius 1 is 1.17 bits per heavy atom. The van der Waals surface area contributed by atoms with Gasteiger partial charge < -0.3 is 5.32 Å². The Bertz CT molecular complexity index is 463. The van der Waals surface area contributed by atoms with Gasteiger partial charge in [0.2, 0.25) is 11.7 Å². The second-order valence-corrected chi connectivity index (χ2v) is 6.90. The summed E-state index contributed by atoms with van der Waals surface area (Å²) in [6.45, 7) is 3.76. The molecule has 132 valence electrons. The molecule has 9 heteroatoms. The van der Waals surface area contributed by atoms with Gasteiger partial charge in [0.1, 0.15) is 0 Å². The predicted octanol–water partition coefficient (Wildman–Crippen LogP) is 0.424. The van der Waals surface area contributed by atoms with Crippen LogP contribution in [0.3, 0.4) is 0 Å². The Hall–Kier alpha value is -1.32. The van der Waals surface area contributed by atoms with E-state index in [1.54, 1.807) is 4.83 Å². The van der Waals surface area contributed by atoms with Crippen LogP contribution in [0.25, 0.3) is 0 Å². The van der Waals surface area contributed by atoms with Gasteiger partial charge in [-0.25, -0.2) is 4.21 Å². The second-order valence-electron chi connectivity index (χ2n) is 6.20. The van der Waals surface area contributed by atoms with Crippen molar-refractivity contribution in [2.24, 2.45) is 11.8 Å². The average Bonchev–Trinajstić information content (AvgIpc) is 2.51. The summed E-state index contributed by atoms with van der Waals surface area (Å²) in [7, 11) is 0. The van der Waals surface area contributed by atoms with E-state index in [-0.39, 0.29) is 17.7 Å². The van der Waals surface area contributed by atoms with E-state index in [0.717, 1.165) is 32.1 Å². The van der Waals surface area contributed by atoms with E-state index in [0.29, 0.717) is 6.42 Å². The standard InChI is InChI=1S/C14H25N3O5S/c1-9(2)8-11(12(18)14(20)16-17-23(21)22)15-13(19)10-6-4-3-5-7-10/h9-11,17H,3-8H2,1-2H3,(H,15,19)(H,16,20)(H,21,22). The molecule has 8 nitrogen and oxygen atoms in total. The molecule has 1 fully saturated rings. The van der Waals surface area contributed by atoms with Crippen molar-refractivity contribution >= 4 is 28.9 Å². The summed E-state index contributed by atoms with van der Waals surface area (Å²) in [4.78, 5) is 37.9. The minimum atomic E-state index is -2.46. The molecule has 1 aliphatic rings. The number of Topliss-reactive ketones (excluding diaryl/α,β-unsaturated/α-hetero) is 1. The summed E-state index contributed by atoms with van der Waals surface area (Å²) in [6.07, 6.45) is 5.02. The van der Waals surface area contributed by atoms with E-state index in [4.69, 9.17) is 4.55 Å². The second kappa shape index (κ2) is 9.74. The van der Waals surface area contributed by atoms with Crippen LogP contribution in [0, 0.1) is 11.8 Å². The van der Waals surface area contributed by atoms with E-state index in [9.17, 15) is 18.6 Å². The van der Waals surface area contributed by atoms with Crippen molar-refractivity contribution in [3.8, 4) is 0 Å². The zero-order valence-electron chi connectivity index (χ0n) is 13.5. The lowest BCUT2D eigenvalue weighted by Gasteiger charge is -2.25. The Balaban J connectivity index is 2.66. The summed E-state index contributed by atoms with van der Waals surface area (Å²) < 4.78 is 19.0. The normalized spacial score (nSPS) is 18.3. The first-order valence-electron chi connectivity index (χ1n) is 7.82. The molecule has 2 atom stereocenters. The van der Waals surface area contributed by atoms with Gasteiger partial charge in [0, 0.05) is 5.92 Å². The van der Waals surface area contributed by atoms with E-state index < -0.39 is 29.0 Å². The molecule has 23 heavy (non-hydrogen) atoms. The van der Waals surface area contributed by atoms with Gasteiger partial charge >= 0.3 is 5.91 Å². The third-order valence-corrected chi connectivity index (χ3v) is 4.07. The molecule has 0 spiro atoms. The highest BCUT2D eigenvalue weighted by Gasteiger charge is 2.30. The lowest BCUT2D eigenvalue weighted by molar-refractivity contribution is -0.141. The first-order chi connectivity index (χ1) is 10.8. The van der Waals surface area contributed by atoms with Gasteiger partial charge in [-0.15, -0.1) is 4.83 Å². The van der Waals surface area contributed by atoms with Crippen molar-refractivity contribution in [1.29, 1.82) is 0 Å². The maximum absolute atomic E-state index is 12.3. The molecule has 1 saturated carbocycles. The molecule has 0 aromatic carbocycles. The summed E-state index contributed by atoms with van der Waals surface area (Å²) in [5.41, 5.74) is 1.85. The van der Waals surface area contributed by atoms with Gasteiger partial charge in [-0.3, -0.25) is 24.4 Å². The van der Waals surface area contributed by atoms with Gasteiger partial charge in [-0.05, 0) is 25.2 Å². The Morgan fingerprint density at radius 3 is 2.30 bits per heavy atom. The molecule has 2 amide bonds. The molecule has 4 N–H and O–H groups in total. The largest absolute Gasteiger partial charge is 0.345 e. The highest BCUT2D eigenvalue weighted by molar-refractivity contribution is 7.77. The number of carbonyl (C=O) groups is 3. The Morgan fingerprint density at radius 2 is 1.78 bits per heavy atom. The smallest absolute Gasteiger partial charge is 0.304 e.